The third kappa shape index (κ3) is 4.56. The van der Waals surface area contributed by atoms with Gasteiger partial charge in [-0.15, -0.1) is 0 Å². The van der Waals surface area contributed by atoms with Crippen molar-refractivity contribution in [1.29, 1.82) is 0 Å². The molecule has 1 aromatic heterocycles. The van der Waals surface area contributed by atoms with Gasteiger partial charge in [0.25, 0.3) is 0 Å². The Kier molecular flexibility index (Phi) is 6.05. The summed E-state index contributed by atoms with van der Waals surface area (Å²) >= 11 is 0. The molecule has 154 valence electrons. The molecule has 3 aromatic rings. The molecular weight excluding hydrogens is 365 g/mol. The van der Waals surface area contributed by atoms with E-state index in [9.17, 15) is 4.39 Å². The maximum atomic E-state index is 13.5. The van der Waals surface area contributed by atoms with E-state index in [1.807, 2.05) is 12.3 Å². The average Bonchev–Trinajstić information content (AvgIpc) is 3.12. The Morgan fingerprint density at radius 1 is 1.21 bits per heavy atom. The largest absolute Gasteiger partial charge is 0.486 e. The van der Waals surface area contributed by atoms with E-state index in [4.69, 9.17) is 4.74 Å². The maximum Gasteiger partial charge on any atom is 0.143 e. The van der Waals surface area contributed by atoms with Crippen molar-refractivity contribution in [3.63, 3.8) is 0 Å². The number of aryl methyl sites for hydroxylation is 1. The number of H-pyrrole nitrogens is 1. The Morgan fingerprint density at radius 2 is 2.07 bits per heavy atom. The molecule has 0 amide bonds. The number of aromatic amines is 1. The first-order valence-electron chi connectivity index (χ1n) is 10.6. The lowest BCUT2D eigenvalue weighted by Gasteiger charge is -2.39. The van der Waals surface area contributed by atoms with Gasteiger partial charge in [-0.3, -0.25) is 0 Å². The van der Waals surface area contributed by atoms with Gasteiger partial charge in [-0.1, -0.05) is 12.1 Å². The second kappa shape index (κ2) is 8.87. The van der Waals surface area contributed by atoms with Crippen molar-refractivity contribution in [1.82, 2.24) is 10.3 Å². The van der Waals surface area contributed by atoms with Crippen LogP contribution in [0.15, 0.2) is 48.7 Å². The van der Waals surface area contributed by atoms with Gasteiger partial charge in [-0.25, -0.2) is 4.39 Å². The molecule has 0 saturated carbocycles. The molecule has 0 aliphatic carbocycles. The first-order valence-corrected chi connectivity index (χ1v) is 10.6. The molecule has 29 heavy (non-hydrogen) atoms. The summed E-state index contributed by atoms with van der Waals surface area (Å²) in [5, 5.41) is 4.53. The van der Waals surface area contributed by atoms with Gasteiger partial charge in [-0.05, 0) is 82.1 Å². The van der Waals surface area contributed by atoms with Crippen LogP contribution in [0, 0.1) is 5.82 Å². The third-order valence-electron chi connectivity index (χ3n) is 5.66. The van der Waals surface area contributed by atoms with E-state index in [0.717, 1.165) is 55.5 Å². The third-order valence-corrected chi connectivity index (χ3v) is 5.66. The quantitative estimate of drug-likeness (QED) is 0.533. The first kappa shape index (κ1) is 19.8. The number of halogens is 1. The summed E-state index contributed by atoms with van der Waals surface area (Å²) in [7, 11) is 0. The zero-order valence-corrected chi connectivity index (χ0v) is 17.2. The second-order valence-corrected chi connectivity index (χ2v) is 8.10. The first-order chi connectivity index (χ1) is 14.1. The lowest BCUT2D eigenvalue weighted by Crippen LogP contribution is -2.44. The van der Waals surface area contributed by atoms with Crippen LogP contribution in [0.4, 0.5) is 10.1 Å². The van der Waals surface area contributed by atoms with Crippen LogP contribution in [0.1, 0.15) is 32.3 Å². The number of ether oxygens (including phenoxy) is 1. The summed E-state index contributed by atoms with van der Waals surface area (Å²) in [6.45, 7) is 7.26. The lowest BCUT2D eigenvalue weighted by atomic mass is 10.1. The Morgan fingerprint density at radius 3 is 2.93 bits per heavy atom. The molecule has 0 radical (unpaired) electrons. The van der Waals surface area contributed by atoms with Gasteiger partial charge in [0.2, 0.25) is 0 Å². The van der Waals surface area contributed by atoms with Crippen molar-refractivity contribution in [3.05, 3.63) is 60.0 Å². The molecule has 2 N–H and O–H groups in total. The van der Waals surface area contributed by atoms with Gasteiger partial charge in [-0.2, -0.15) is 0 Å². The SMILES string of the molecule is CC(C)N1CC(CCNCCCc2c[nH]c3ccc(F)cc23)Oc2ccccc21. The summed E-state index contributed by atoms with van der Waals surface area (Å²) in [5.74, 6) is 0.810. The van der Waals surface area contributed by atoms with Crippen LogP contribution >= 0.6 is 0 Å². The van der Waals surface area contributed by atoms with Crippen LogP contribution in [0.25, 0.3) is 10.9 Å². The number of nitrogens with one attached hydrogen (secondary N) is 2. The fourth-order valence-corrected chi connectivity index (χ4v) is 4.12. The summed E-state index contributed by atoms with van der Waals surface area (Å²) in [4.78, 5) is 5.65. The average molecular weight is 396 g/mol. The van der Waals surface area contributed by atoms with E-state index >= 15 is 0 Å². The standard InChI is InChI=1S/C24H30FN3O/c1-17(2)28-16-20(29-24-8-4-3-7-23(24)28)11-13-26-12-5-6-18-15-27-22-10-9-19(25)14-21(18)22/h3-4,7-10,14-15,17,20,26-27H,5-6,11-13,16H2,1-2H3. The summed E-state index contributed by atoms with van der Waals surface area (Å²) < 4.78 is 19.7. The summed E-state index contributed by atoms with van der Waals surface area (Å²) in [5.41, 5.74) is 3.38. The molecule has 0 saturated heterocycles. The van der Waals surface area contributed by atoms with Crippen molar-refractivity contribution in [2.75, 3.05) is 24.5 Å². The number of nitrogens with zero attached hydrogens (tertiary/aromatic N) is 1. The Balaban J connectivity index is 1.22. The van der Waals surface area contributed by atoms with Crippen LogP contribution in [0.2, 0.25) is 0 Å². The predicted octanol–water partition coefficient (Wildman–Crippen LogP) is 4.90. The zero-order chi connectivity index (χ0) is 20.2. The lowest BCUT2D eigenvalue weighted by molar-refractivity contribution is 0.180. The van der Waals surface area contributed by atoms with E-state index in [0.29, 0.717) is 6.04 Å². The van der Waals surface area contributed by atoms with Crippen LogP contribution < -0.4 is 15.0 Å². The molecule has 0 spiro atoms. The van der Waals surface area contributed by atoms with Crippen LogP contribution in [-0.4, -0.2) is 36.8 Å². The highest BCUT2D eigenvalue weighted by molar-refractivity contribution is 5.83. The number of benzene rings is 2. The minimum Gasteiger partial charge on any atom is -0.486 e. The number of hydrogen-bond acceptors (Lipinski definition) is 3. The fraction of sp³-hybridized carbons (Fsp3) is 0.417. The fourth-order valence-electron chi connectivity index (χ4n) is 4.12. The van der Waals surface area contributed by atoms with Gasteiger partial charge in [0.05, 0.1) is 12.2 Å². The molecule has 4 nitrogen and oxygen atoms in total. The van der Waals surface area contributed by atoms with E-state index in [2.05, 4.69) is 47.2 Å². The molecule has 1 unspecified atom stereocenters. The number of para-hydroxylation sites is 2. The zero-order valence-electron chi connectivity index (χ0n) is 17.2. The summed E-state index contributed by atoms with van der Waals surface area (Å²) in [6, 6.07) is 13.7. The van der Waals surface area contributed by atoms with Gasteiger partial charge in [0.1, 0.15) is 17.7 Å². The number of fused-ring (bicyclic) bond motifs is 2. The topological polar surface area (TPSA) is 40.3 Å². The molecule has 2 heterocycles. The van der Waals surface area contributed by atoms with Gasteiger partial charge in [0, 0.05) is 23.1 Å². The van der Waals surface area contributed by atoms with Crippen molar-refractivity contribution >= 4 is 16.6 Å². The molecule has 1 aliphatic heterocycles. The molecule has 4 rings (SSSR count). The normalized spacial score (nSPS) is 16.3. The van der Waals surface area contributed by atoms with E-state index in [1.54, 1.807) is 12.1 Å². The van der Waals surface area contributed by atoms with Crippen LogP contribution in [0.3, 0.4) is 0 Å². The number of anilines is 1. The molecule has 1 aliphatic rings. The molecule has 1 atom stereocenters. The van der Waals surface area contributed by atoms with Crippen molar-refractivity contribution in [2.45, 2.75) is 45.3 Å². The van der Waals surface area contributed by atoms with Crippen molar-refractivity contribution in [3.8, 4) is 5.75 Å². The number of hydrogen-bond donors (Lipinski definition) is 2. The van der Waals surface area contributed by atoms with Gasteiger partial charge < -0.3 is 19.9 Å². The Hall–Kier alpha value is -2.53. The van der Waals surface area contributed by atoms with Gasteiger partial charge >= 0.3 is 0 Å². The van der Waals surface area contributed by atoms with Crippen molar-refractivity contribution < 1.29 is 9.13 Å². The molecule has 0 bridgehead atoms. The number of aromatic nitrogens is 1. The highest BCUT2D eigenvalue weighted by atomic mass is 19.1. The maximum absolute atomic E-state index is 13.5. The minimum absolute atomic E-state index is 0.180. The Bertz CT molecular complexity index is 952. The summed E-state index contributed by atoms with van der Waals surface area (Å²) in [6.07, 6.45) is 5.14. The molecular formula is C24H30FN3O. The van der Waals surface area contributed by atoms with Gasteiger partial charge in [0.15, 0.2) is 0 Å². The number of rotatable bonds is 8. The van der Waals surface area contributed by atoms with E-state index < -0.39 is 0 Å². The van der Waals surface area contributed by atoms with Crippen LogP contribution in [0.5, 0.6) is 5.75 Å². The van der Waals surface area contributed by atoms with Crippen molar-refractivity contribution in [2.24, 2.45) is 0 Å². The molecule has 2 aromatic carbocycles. The smallest absolute Gasteiger partial charge is 0.143 e. The Labute approximate surface area is 172 Å². The monoisotopic (exact) mass is 395 g/mol. The highest BCUT2D eigenvalue weighted by Crippen LogP contribution is 2.34. The highest BCUT2D eigenvalue weighted by Gasteiger charge is 2.26. The van der Waals surface area contributed by atoms with Crippen LogP contribution in [-0.2, 0) is 6.42 Å². The second-order valence-electron chi connectivity index (χ2n) is 8.10. The molecule has 5 heteroatoms. The minimum atomic E-state index is -0.180. The molecule has 0 fully saturated rings. The van der Waals surface area contributed by atoms with E-state index in [-0.39, 0.29) is 11.9 Å². The predicted molar refractivity (Wildman–Crippen MR) is 117 cm³/mol. The van der Waals surface area contributed by atoms with E-state index in [1.165, 1.54) is 17.3 Å².